The van der Waals surface area contributed by atoms with Crippen LogP contribution in [-0.2, 0) is 11.2 Å². The molecule has 0 unspecified atom stereocenters. The fourth-order valence-electron chi connectivity index (χ4n) is 1.13. The highest BCUT2D eigenvalue weighted by Gasteiger charge is 2.37. The van der Waals surface area contributed by atoms with Gasteiger partial charge in [-0.15, -0.1) is 0 Å². The van der Waals surface area contributed by atoms with E-state index in [1.807, 2.05) is 0 Å². The second-order valence-corrected chi connectivity index (χ2v) is 3.13. The van der Waals surface area contributed by atoms with Gasteiger partial charge in [0.15, 0.2) is 11.6 Å². The molecule has 0 saturated carbocycles. The summed E-state index contributed by atoms with van der Waals surface area (Å²) in [5.41, 5.74) is -0.238. The van der Waals surface area contributed by atoms with Crippen LogP contribution in [0.1, 0.15) is 12.0 Å². The van der Waals surface area contributed by atoms with Crippen molar-refractivity contribution in [2.75, 3.05) is 0 Å². The Hall–Kier alpha value is -1.46. The number of Topliss-reactive ketones (excluding diaryl/α,β-unsaturated/α-hetero) is 1. The van der Waals surface area contributed by atoms with E-state index in [-0.39, 0.29) is 5.56 Å². The molecule has 1 aromatic carbocycles. The van der Waals surface area contributed by atoms with E-state index >= 15 is 0 Å². The van der Waals surface area contributed by atoms with E-state index in [9.17, 15) is 26.7 Å². The van der Waals surface area contributed by atoms with E-state index in [0.29, 0.717) is 0 Å². The van der Waals surface area contributed by atoms with E-state index < -0.39 is 36.4 Å². The van der Waals surface area contributed by atoms with Crippen LogP contribution in [0.25, 0.3) is 0 Å². The van der Waals surface area contributed by atoms with Gasteiger partial charge in [0.1, 0.15) is 0 Å². The first-order valence-electron chi connectivity index (χ1n) is 4.35. The number of alkyl halides is 3. The predicted octanol–water partition coefficient (Wildman–Crippen LogP) is 3.03. The molecule has 6 heteroatoms. The molecule has 0 aliphatic rings. The van der Waals surface area contributed by atoms with Crippen LogP contribution in [0.2, 0.25) is 0 Å². The second kappa shape index (κ2) is 4.59. The molecule has 0 heterocycles. The summed E-state index contributed by atoms with van der Waals surface area (Å²) in [7, 11) is 0. The molecule has 0 aromatic heterocycles. The number of rotatable bonds is 3. The molecular formula is C10H7F5O. The largest absolute Gasteiger partial charge is 0.449 e. The Kier molecular flexibility index (Phi) is 3.62. The number of halogens is 5. The Balaban J connectivity index is 2.69. The van der Waals surface area contributed by atoms with Gasteiger partial charge in [-0.3, -0.25) is 4.79 Å². The van der Waals surface area contributed by atoms with Crippen molar-refractivity contribution in [3.63, 3.8) is 0 Å². The van der Waals surface area contributed by atoms with Gasteiger partial charge >= 0.3 is 6.18 Å². The van der Waals surface area contributed by atoms with E-state index in [0.717, 1.165) is 12.1 Å². The number of hydrogen-bond donors (Lipinski definition) is 0. The summed E-state index contributed by atoms with van der Waals surface area (Å²) >= 11 is 0. The van der Waals surface area contributed by atoms with Crippen molar-refractivity contribution < 1.29 is 26.7 Å². The van der Waals surface area contributed by atoms with Gasteiger partial charge in [-0.25, -0.2) is 8.78 Å². The number of carbonyl (C=O) groups excluding carboxylic acids is 1. The van der Waals surface area contributed by atoms with E-state index in [1.54, 1.807) is 0 Å². The average molecular weight is 238 g/mol. The van der Waals surface area contributed by atoms with Crippen LogP contribution in [0.5, 0.6) is 0 Å². The number of carbonyl (C=O) groups is 1. The summed E-state index contributed by atoms with van der Waals surface area (Å²) in [6.45, 7) is 0. The molecule has 0 aliphatic carbocycles. The van der Waals surface area contributed by atoms with Gasteiger partial charge < -0.3 is 0 Å². The van der Waals surface area contributed by atoms with Gasteiger partial charge in [-0.2, -0.15) is 13.2 Å². The molecule has 0 spiro atoms. The lowest BCUT2D eigenvalue weighted by Gasteiger charge is -2.05. The molecule has 0 amide bonds. The number of aryl methyl sites for hydroxylation is 1. The molecule has 16 heavy (non-hydrogen) atoms. The minimum absolute atomic E-state index is 0.238. The van der Waals surface area contributed by atoms with Gasteiger partial charge in [0.05, 0.1) is 0 Å². The van der Waals surface area contributed by atoms with Crippen molar-refractivity contribution >= 4 is 5.78 Å². The van der Waals surface area contributed by atoms with Crippen molar-refractivity contribution in [1.29, 1.82) is 0 Å². The Labute approximate surface area is 87.9 Å². The molecule has 1 rings (SSSR count). The summed E-state index contributed by atoms with van der Waals surface area (Å²) < 4.78 is 61.1. The molecule has 0 saturated heterocycles. The van der Waals surface area contributed by atoms with E-state index in [4.69, 9.17) is 0 Å². The Morgan fingerprint density at radius 3 is 2.38 bits per heavy atom. The van der Waals surface area contributed by atoms with E-state index in [2.05, 4.69) is 0 Å². The quantitative estimate of drug-likeness (QED) is 0.740. The molecule has 0 fully saturated rings. The minimum atomic E-state index is -4.93. The van der Waals surface area contributed by atoms with Crippen molar-refractivity contribution in [1.82, 2.24) is 0 Å². The topological polar surface area (TPSA) is 17.1 Å². The lowest BCUT2D eigenvalue weighted by molar-refractivity contribution is -0.171. The molecular weight excluding hydrogens is 231 g/mol. The molecule has 1 aromatic rings. The number of benzene rings is 1. The van der Waals surface area contributed by atoms with Crippen molar-refractivity contribution in [2.24, 2.45) is 0 Å². The maximum atomic E-state index is 13.0. The first-order chi connectivity index (χ1) is 7.32. The third kappa shape index (κ3) is 3.01. The normalized spacial score (nSPS) is 11.6. The van der Waals surface area contributed by atoms with Crippen molar-refractivity contribution in [2.45, 2.75) is 19.0 Å². The predicted molar refractivity (Wildman–Crippen MR) is 45.7 cm³/mol. The second-order valence-electron chi connectivity index (χ2n) is 3.13. The molecule has 0 atom stereocenters. The number of hydrogen-bond acceptors (Lipinski definition) is 1. The van der Waals surface area contributed by atoms with Crippen LogP contribution in [-0.4, -0.2) is 12.0 Å². The third-order valence-electron chi connectivity index (χ3n) is 1.97. The Morgan fingerprint density at radius 2 is 1.81 bits per heavy atom. The highest BCUT2D eigenvalue weighted by Crippen LogP contribution is 2.20. The fraction of sp³-hybridized carbons (Fsp3) is 0.300. The van der Waals surface area contributed by atoms with Gasteiger partial charge in [0.25, 0.3) is 0 Å². The van der Waals surface area contributed by atoms with E-state index in [1.165, 1.54) is 6.07 Å². The standard InChI is InChI=1S/C10H7F5O/c11-7-3-1-2-6(9(7)12)4-5-8(16)10(13,14)15/h1-3H,4-5H2. The van der Waals surface area contributed by atoms with Crippen LogP contribution in [0.3, 0.4) is 0 Å². The van der Waals surface area contributed by atoms with Crippen molar-refractivity contribution in [3.8, 4) is 0 Å². The van der Waals surface area contributed by atoms with Gasteiger partial charge in [0, 0.05) is 6.42 Å². The summed E-state index contributed by atoms with van der Waals surface area (Å²) in [5.74, 6) is -4.30. The van der Waals surface area contributed by atoms with Crippen LogP contribution in [0.4, 0.5) is 22.0 Å². The van der Waals surface area contributed by atoms with Crippen LogP contribution >= 0.6 is 0 Å². The molecule has 0 radical (unpaired) electrons. The summed E-state index contributed by atoms with van der Waals surface area (Å²) in [4.78, 5) is 10.5. The molecule has 0 aliphatic heterocycles. The SMILES string of the molecule is O=C(CCc1cccc(F)c1F)C(F)(F)F. The molecule has 0 N–H and O–H groups in total. The lowest BCUT2D eigenvalue weighted by Crippen LogP contribution is -2.23. The molecule has 1 nitrogen and oxygen atoms in total. The molecule has 88 valence electrons. The highest BCUT2D eigenvalue weighted by atomic mass is 19.4. The first kappa shape index (κ1) is 12.6. The van der Waals surface area contributed by atoms with Gasteiger partial charge in [0.2, 0.25) is 5.78 Å². The maximum Gasteiger partial charge on any atom is 0.449 e. The summed E-state index contributed by atoms with van der Waals surface area (Å²) in [6, 6.07) is 3.16. The van der Waals surface area contributed by atoms with Gasteiger partial charge in [-0.05, 0) is 18.1 Å². The lowest BCUT2D eigenvalue weighted by atomic mass is 10.1. The summed E-state index contributed by atoms with van der Waals surface area (Å²) in [5, 5.41) is 0. The Bertz CT molecular complexity index is 397. The zero-order chi connectivity index (χ0) is 12.3. The monoisotopic (exact) mass is 238 g/mol. The highest BCUT2D eigenvalue weighted by molar-refractivity contribution is 5.84. The zero-order valence-electron chi connectivity index (χ0n) is 7.94. The maximum absolute atomic E-state index is 13.0. The molecule has 0 bridgehead atoms. The summed E-state index contributed by atoms with van der Waals surface area (Å²) in [6.07, 6.45) is -6.28. The smallest absolute Gasteiger partial charge is 0.290 e. The zero-order valence-corrected chi connectivity index (χ0v) is 7.94. The van der Waals surface area contributed by atoms with Crippen LogP contribution in [0, 0.1) is 11.6 Å². The van der Waals surface area contributed by atoms with Crippen LogP contribution < -0.4 is 0 Å². The minimum Gasteiger partial charge on any atom is -0.290 e. The number of ketones is 1. The third-order valence-corrected chi connectivity index (χ3v) is 1.97. The fourth-order valence-corrected chi connectivity index (χ4v) is 1.13. The van der Waals surface area contributed by atoms with Gasteiger partial charge in [-0.1, -0.05) is 12.1 Å². The van der Waals surface area contributed by atoms with Crippen molar-refractivity contribution in [3.05, 3.63) is 35.4 Å². The Morgan fingerprint density at radius 1 is 1.19 bits per heavy atom. The first-order valence-corrected chi connectivity index (χ1v) is 4.35. The average Bonchev–Trinajstić information content (AvgIpc) is 2.18. The van der Waals surface area contributed by atoms with Crippen LogP contribution in [0.15, 0.2) is 18.2 Å².